The van der Waals surface area contributed by atoms with E-state index in [2.05, 4.69) is 10.3 Å². The van der Waals surface area contributed by atoms with Crippen LogP contribution in [0.2, 0.25) is 5.02 Å². The SMILES string of the molecule is COCCS(=O)(=O)Oc1ccc(C2(c3cccc(-c4cc(Cl)cnc4F)c3)NC(N)N(C)C2=O)cc1. The summed E-state index contributed by atoms with van der Waals surface area (Å²) in [5.74, 6) is -1.29. The average Bonchev–Trinajstić information content (AvgIpc) is 3.09. The predicted octanol–water partition coefficient (Wildman–Crippen LogP) is 2.44. The minimum atomic E-state index is -3.86. The van der Waals surface area contributed by atoms with Crippen LogP contribution < -0.4 is 15.2 Å². The first-order valence-corrected chi connectivity index (χ1v) is 12.8. The van der Waals surface area contributed by atoms with Gasteiger partial charge in [-0.15, -0.1) is 0 Å². The fraction of sp³-hybridized carbons (Fsp3) is 0.250. The molecule has 2 unspecified atom stereocenters. The number of aromatic nitrogens is 1. The third kappa shape index (κ3) is 4.93. The quantitative estimate of drug-likeness (QED) is 0.333. The summed E-state index contributed by atoms with van der Waals surface area (Å²) in [5, 5.41) is 3.41. The molecule has 0 saturated carbocycles. The molecule has 12 heteroatoms. The van der Waals surface area contributed by atoms with E-state index in [1.54, 1.807) is 43.4 Å². The van der Waals surface area contributed by atoms with Crippen LogP contribution in [0.5, 0.6) is 5.75 Å². The zero-order valence-corrected chi connectivity index (χ0v) is 21.0. The van der Waals surface area contributed by atoms with Gasteiger partial charge in [-0.3, -0.25) is 15.8 Å². The second-order valence-electron chi connectivity index (χ2n) is 8.19. The van der Waals surface area contributed by atoms with Crippen LogP contribution in [0.1, 0.15) is 11.1 Å². The van der Waals surface area contributed by atoms with Crippen LogP contribution in [-0.4, -0.2) is 57.0 Å². The number of hydrogen-bond acceptors (Lipinski definition) is 8. The molecule has 3 aromatic rings. The Morgan fingerprint density at radius 3 is 2.56 bits per heavy atom. The lowest BCUT2D eigenvalue weighted by molar-refractivity contribution is -0.131. The van der Waals surface area contributed by atoms with Crippen molar-refractivity contribution in [2.24, 2.45) is 5.73 Å². The van der Waals surface area contributed by atoms with E-state index in [4.69, 9.17) is 26.3 Å². The Kier molecular flexibility index (Phi) is 7.30. The van der Waals surface area contributed by atoms with Gasteiger partial charge in [-0.05, 0) is 41.0 Å². The standard InChI is InChI=1S/C24H24ClFN4O5S/c1-30-22(31)24(29-23(30)27,16-6-8-19(9-7-16)35-36(32,33)11-10-34-2)17-5-3-4-15(12-17)20-13-18(25)14-28-21(20)26/h3-9,12-14,23,29H,10-11,27H2,1-2H3. The summed E-state index contributed by atoms with van der Waals surface area (Å²) in [7, 11) is -0.902. The lowest BCUT2D eigenvalue weighted by Gasteiger charge is -2.29. The van der Waals surface area contributed by atoms with Crippen molar-refractivity contribution < 1.29 is 26.5 Å². The Bertz CT molecular complexity index is 1390. The first kappa shape index (κ1) is 26.0. The number of likely N-dealkylation sites (N-methyl/N-ethyl adjacent to an activating group) is 1. The number of halogens is 2. The van der Waals surface area contributed by atoms with E-state index in [1.807, 2.05) is 0 Å². The lowest BCUT2D eigenvalue weighted by Crippen LogP contribution is -2.48. The highest BCUT2D eigenvalue weighted by molar-refractivity contribution is 7.87. The summed E-state index contributed by atoms with van der Waals surface area (Å²) in [5.41, 5.74) is 6.34. The van der Waals surface area contributed by atoms with E-state index in [9.17, 15) is 17.6 Å². The maximum absolute atomic E-state index is 14.5. The summed E-state index contributed by atoms with van der Waals surface area (Å²) in [4.78, 5) is 18.6. The van der Waals surface area contributed by atoms with Gasteiger partial charge in [-0.25, -0.2) is 4.98 Å². The number of rotatable bonds is 8. The van der Waals surface area contributed by atoms with Gasteiger partial charge in [0.15, 0.2) is 5.54 Å². The first-order valence-electron chi connectivity index (χ1n) is 10.8. The van der Waals surface area contributed by atoms with Crippen LogP contribution in [-0.2, 0) is 25.2 Å². The van der Waals surface area contributed by atoms with Gasteiger partial charge in [-0.1, -0.05) is 41.9 Å². The van der Waals surface area contributed by atoms with Crippen molar-refractivity contribution in [1.29, 1.82) is 0 Å². The Morgan fingerprint density at radius 1 is 1.19 bits per heavy atom. The van der Waals surface area contributed by atoms with E-state index in [0.29, 0.717) is 16.7 Å². The second-order valence-corrected chi connectivity index (χ2v) is 10.3. The normalized spacial score (nSPS) is 20.1. The molecular formula is C24H24ClFN4O5S. The molecule has 0 radical (unpaired) electrons. The number of benzene rings is 2. The van der Waals surface area contributed by atoms with Gasteiger partial charge >= 0.3 is 10.1 Å². The van der Waals surface area contributed by atoms with Gasteiger partial charge in [0.05, 0.1) is 11.6 Å². The molecule has 2 heterocycles. The highest BCUT2D eigenvalue weighted by atomic mass is 35.5. The van der Waals surface area contributed by atoms with Crippen LogP contribution in [0.4, 0.5) is 4.39 Å². The largest absolute Gasteiger partial charge is 0.383 e. The fourth-order valence-electron chi connectivity index (χ4n) is 4.03. The maximum Gasteiger partial charge on any atom is 0.311 e. The summed E-state index contributed by atoms with van der Waals surface area (Å²) >= 11 is 6.03. The van der Waals surface area contributed by atoms with E-state index < -0.39 is 27.9 Å². The first-order chi connectivity index (χ1) is 17.1. The molecule has 1 saturated heterocycles. The van der Waals surface area contributed by atoms with Crippen molar-refractivity contribution in [3.05, 3.63) is 82.9 Å². The third-order valence-corrected chi connectivity index (χ3v) is 7.20. The number of methoxy groups -OCH3 is 1. The molecule has 1 aliphatic rings. The molecule has 2 atom stereocenters. The zero-order chi connectivity index (χ0) is 26.1. The average molecular weight is 535 g/mol. The van der Waals surface area contributed by atoms with Crippen LogP contribution in [0, 0.1) is 5.95 Å². The topological polar surface area (TPSA) is 124 Å². The maximum atomic E-state index is 14.5. The van der Waals surface area contributed by atoms with Crippen molar-refractivity contribution in [3.8, 4) is 16.9 Å². The Hall–Kier alpha value is -3.09. The molecule has 2 aromatic carbocycles. The van der Waals surface area contributed by atoms with E-state index in [0.717, 1.165) is 0 Å². The lowest BCUT2D eigenvalue weighted by atomic mass is 9.81. The van der Waals surface area contributed by atoms with Crippen molar-refractivity contribution in [3.63, 3.8) is 0 Å². The molecule has 1 amide bonds. The third-order valence-electron chi connectivity index (χ3n) is 5.88. The molecule has 190 valence electrons. The van der Waals surface area contributed by atoms with Gasteiger partial charge in [0.2, 0.25) is 5.95 Å². The zero-order valence-electron chi connectivity index (χ0n) is 19.4. The van der Waals surface area contributed by atoms with Crippen LogP contribution in [0.25, 0.3) is 11.1 Å². The monoisotopic (exact) mass is 534 g/mol. The van der Waals surface area contributed by atoms with Crippen LogP contribution >= 0.6 is 11.6 Å². The molecule has 0 aliphatic carbocycles. The Balaban J connectivity index is 1.78. The summed E-state index contributed by atoms with van der Waals surface area (Å²) < 4.78 is 48.6. The Labute approximate surface area is 213 Å². The molecule has 9 nitrogen and oxygen atoms in total. The number of carbonyl (C=O) groups excluding carboxylic acids is 1. The number of pyridine rings is 1. The number of ether oxygens (including phenoxy) is 1. The molecule has 0 spiro atoms. The predicted molar refractivity (Wildman–Crippen MR) is 132 cm³/mol. The molecule has 4 rings (SSSR count). The molecule has 3 N–H and O–H groups in total. The Morgan fingerprint density at radius 2 is 1.92 bits per heavy atom. The minimum Gasteiger partial charge on any atom is -0.383 e. The summed E-state index contributed by atoms with van der Waals surface area (Å²) in [6.45, 7) is -0.00868. The summed E-state index contributed by atoms with van der Waals surface area (Å²) in [6.07, 6.45) is 0.400. The van der Waals surface area contributed by atoms with E-state index in [1.165, 1.54) is 36.4 Å². The van der Waals surface area contributed by atoms with Crippen molar-refractivity contribution in [1.82, 2.24) is 15.2 Å². The van der Waals surface area contributed by atoms with Crippen molar-refractivity contribution in [2.45, 2.75) is 11.8 Å². The van der Waals surface area contributed by atoms with Gasteiger partial charge < -0.3 is 13.8 Å². The number of nitrogens with two attached hydrogens (primary N) is 1. The number of carbonyl (C=O) groups is 1. The van der Waals surface area contributed by atoms with E-state index >= 15 is 0 Å². The summed E-state index contributed by atoms with van der Waals surface area (Å²) in [6, 6.07) is 14.2. The smallest absolute Gasteiger partial charge is 0.311 e. The molecule has 1 fully saturated rings. The van der Waals surface area contributed by atoms with Crippen LogP contribution in [0.3, 0.4) is 0 Å². The molecule has 36 heavy (non-hydrogen) atoms. The van der Waals surface area contributed by atoms with Gasteiger partial charge in [0.25, 0.3) is 5.91 Å². The number of nitrogens with zero attached hydrogens (tertiary/aromatic N) is 2. The van der Waals surface area contributed by atoms with Crippen molar-refractivity contribution in [2.75, 3.05) is 26.5 Å². The highest BCUT2D eigenvalue weighted by Crippen LogP contribution is 2.38. The van der Waals surface area contributed by atoms with Crippen molar-refractivity contribution >= 4 is 27.6 Å². The minimum absolute atomic E-state index is 0.00868. The van der Waals surface area contributed by atoms with E-state index in [-0.39, 0.29) is 34.6 Å². The number of amides is 1. The molecule has 0 bridgehead atoms. The molecule has 1 aromatic heterocycles. The van der Waals surface area contributed by atoms with Crippen LogP contribution in [0.15, 0.2) is 60.8 Å². The number of hydrogen-bond donors (Lipinski definition) is 2. The number of nitrogens with one attached hydrogen (secondary N) is 1. The molecule has 1 aliphatic heterocycles. The van der Waals surface area contributed by atoms with Gasteiger partial charge in [-0.2, -0.15) is 12.8 Å². The molecular weight excluding hydrogens is 511 g/mol. The fourth-order valence-corrected chi connectivity index (χ4v) is 5.05. The van der Waals surface area contributed by atoms with Gasteiger partial charge in [0.1, 0.15) is 17.8 Å². The van der Waals surface area contributed by atoms with Gasteiger partial charge in [0, 0.05) is 25.9 Å². The highest BCUT2D eigenvalue weighted by Gasteiger charge is 2.51. The second kappa shape index (κ2) is 10.1.